The lowest BCUT2D eigenvalue weighted by Crippen LogP contribution is -3.09. The number of aryl methyl sites for hydroxylation is 1. The number of rotatable bonds is 6. The van der Waals surface area contributed by atoms with Gasteiger partial charge in [-0.3, -0.25) is 14.5 Å². The molecule has 152 valence electrons. The van der Waals surface area contributed by atoms with E-state index in [0.717, 1.165) is 55.4 Å². The summed E-state index contributed by atoms with van der Waals surface area (Å²) in [5, 5.41) is 0. The molecular formula is C23H28N3O3+. The molecule has 1 fully saturated rings. The normalized spacial score (nSPS) is 17.6. The molecule has 0 aliphatic carbocycles. The van der Waals surface area contributed by atoms with Crippen LogP contribution in [0, 0.1) is 0 Å². The Morgan fingerprint density at radius 2 is 1.69 bits per heavy atom. The molecule has 0 aromatic heterocycles. The number of hydrogen-bond donors (Lipinski definition) is 1. The molecule has 1 amide bonds. The number of fused-ring (bicyclic) bond motifs is 1. The van der Waals surface area contributed by atoms with E-state index in [1.54, 1.807) is 4.90 Å². The molecule has 2 aromatic carbocycles. The number of carbonyl (C=O) groups excluding carboxylic acids is 2. The van der Waals surface area contributed by atoms with Crippen LogP contribution in [-0.2, 0) is 22.5 Å². The number of nitrogens with zero attached hydrogens (tertiary/aromatic N) is 2. The van der Waals surface area contributed by atoms with E-state index in [2.05, 4.69) is 29.2 Å². The maximum Gasteiger partial charge on any atom is 0.303 e. The van der Waals surface area contributed by atoms with E-state index in [4.69, 9.17) is 4.74 Å². The summed E-state index contributed by atoms with van der Waals surface area (Å²) in [4.78, 5) is 30.0. The summed E-state index contributed by atoms with van der Waals surface area (Å²) in [6.45, 7) is 6.70. The Kier molecular flexibility index (Phi) is 5.65. The van der Waals surface area contributed by atoms with Crippen LogP contribution < -0.4 is 14.7 Å². The number of carbonyl (C=O) groups is 2. The molecule has 1 N–H and O–H groups in total. The van der Waals surface area contributed by atoms with Gasteiger partial charge in [0.05, 0.1) is 31.5 Å². The van der Waals surface area contributed by atoms with Gasteiger partial charge in [0, 0.05) is 24.3 Å². The van der Waals surface area contributed by atoms with Crippen molar-refractivity contribution in [3.63, 3.8) is 0 Å². The van der Waals surface area contributed by atoms with Crippen molar-refractivity contribution in [1.29, 1.82) is 0 Å². The van der Waals surface area contributed by atoms with Gasteiger partial charge in [0.2, 0.25) is 0 Å². The summed E-state index contributed by atoms with van der Waals surface area (Å²) < 4.78 is 5.41. The van der Waals surface area contributed by atoms with Crippen molar-refractivity contribution in [2.75, 3.05) is 49.8 Å². The zero-order valence-corrected chi connectivity index (χ0v) is 17.1. The van der Waals surface area contributed by atoms with E-state index in [9.17, 15) is 9.59 Å². The Morgan fingerprint density at radius 1 is 1.00 bits per heavy atom. The maximum absolute atomic E-state index is 12.5. The van der Waals surface area contributed by atoms with Gasteiger partial charge in [-0.25, -0.2) is 0 Å². The van der Waals surface area contributed by atoms with Gasteiger partial charge in [-0.2, -0.15) is 0 Å². The largest absolute Gasteiger partial charge is 0.378 e. The Bertz CT molecular complexity index is 904. The molecule has 2 aromatic rings. The van der Waals surface area contributed by atoms with E-state index in [-0.39, 0.29) is 0 Å². The first kappa shape index (κ1) is 19.6. The van der Waals surface area contributed by atoms with Crippen LogP contribution in [0.5, 0.6) is 0 Å². The van der Waals surface area contributed by atoms with Crippen LogP contribution in [0.4, 0.5) is 11.4 Å². The molecule has 6 heteroatoms. The lowest BCUT2D eigenvalue weighted by Gasteiger charge is -2.29. The molecule has 2 aliphatic heterocycles. The van der Waals surface area contributed by atoms with E-state index < -0.39 is 11.7 Å². The molecule has 0 spiro atoms. The Labute approximate surface area is 171 Å². The highest BCUT2D eigenvalue weighted by Gasteiger charge is 2.37. The third kappa shape index (κ3) is 4.04. The zero-order chi connectivity index (χ0) is 20.4. The number of nitrogens with one attached hydrogen (secondary N) is 1. The van der Waals surface area contributed by atoms with Crippen LogP contribution in [0.3, 0.4) is 0 Å². The van der Waals surface area contributed by atoms with Gasteiger partial charge in [-0.15, -0.1) is 0 Å². The first-order valence-corrected chi connectivity index (χ1v) is 10.3. The molecule has 0 saturated carbocycles. The molecule has 1 atom stereocenters. The smallest absolute Gasteiger partial charge is 0.303 e. The van der Waals surface area contributed by atoms with E-state index >= 15 is 0 Å². The average molecular weight is 394 g/mol. The summed E-state index contributed by atoms with van der Waals surface area (Å²) in [7, 11) is 2.05. The molecule has 1 unspecified atom stereocenters. The summed E-state index contributed by atoms with van der Waals surface area (Å²) in [6.07, 6.45) is 0.848. The molecule has 4 rings (SSSR count). The molecule has 29 heavy (non-hydrogen) atoms. The SMILES string of the molecule is CCc1ccc2c(c1)C(=O)C(=O)N2C[NH+](C)Cc1ccc(N2CCOCC2)cc1. The topological polar surface area (TPSA) is 54.3 Å². The van der Waals surface area contributed by atoms with Crippen LogP contribution >= 0.6 is 0 Å². The van der Waals surface area contributed by atoms with Gasteiger partial charge in [0.15, 0.2) is 6.67 Å². The first-order chi connectivity index (χ1) is 14.1. The number of benzene rings is 2. The number of hydrogen-bond acceptors (Lipinski definition) is 4. The highest BCUT2D eigenvalue weighted by Crippen LogP contribution is 2.29. The lowest BCUT2D eigenvalue weighted by atomic mass is 10.1. The Hall–Kier alpha value is -2.70. The number of Topliss-reactive ketones (excluding diaryl/α,β-unsaturated/α-hetero) is 1. The van der Waals surface area contributed by atoms with Gasteiger partial charge < -0.3 is 14.5 Å². The van der Waals surface area contributed by atoms with Crippen LogP contribution in [0.25, 0.3) is 0 Å². The molecule has 0 radical (unpaired) electrons. The van der Waals surface area contributed by atoms with Crippen molar-refractivity contribution < 1.29 is 19.2 Å². The fourth-order valence-corrected chi connectivity index (χ4v) is 4.04. The monoisotopic (exact) mass is 394 g/mol. The number of anilines is 2. The molecule has 6 nitrogen and oxygen atoms in total. The fraction of sp³-hybridized carbons (Fsp3) is 0.391. The lowest BCUT2D eigenvalue weighted by molar-refractivity contribution is -0.892. The second-order valence-corrected chi connectivity index (χ2v) is 7.83. The van der Waals surface area contributed by atoms with Crippen molar-refractivity contribution in [3.8, 4) is 0 Å². The number of ketones is 1. The van der Waals surface area contributed by atoms with Gasteiger partial charge in [0.25, 0.3) is 5.78 Å². The van der Waals surface area contributed by atoms with Gasteiger partial charge in [0.1, 0.15) is 6.54 Å². The molecule has 0 bridgehead atoms. The summed E-state index contributed by atoms with van der Waals surface area (Å²) in [5.41, 5.74) is 4.78. The summed E-state index contributed by atoms with van der Waals surface area (Å²) >= 11 is 0. The summed E-state index contributed by atoms with van der Waals surface area (Å²) in [5.74, 6) is -0.812. The first-order valence-electron chi connectivity index (χ1n) is 10.3. The fourth-order valence-electron chi connectivity index (χ4n) is 4.04. The average Bonchev–Trinajstić information content (AvgIpc) is 2.99. The van der Waals surface area contributed by atoms with Crippen molar-refractivity contribution in [2.45, 2.75) is 19.9 Å². The second kappa shape index (κ2) is 8.35. The van der Waals surface area contributed by atoms with E-state index in [1.165, 1.54) is 11.3 Å². The van der Waals surface area contributed by atoms with Crippen molar-refractivity contribution in [1.82, 2.24) is 0 Å². The predicted molar refractivity (Wildman–Crippen MR) is 113 cm³/mol. The Morgan fingerprint density at radius 3 is 2.38 bits per heavy atom. The minimum absolute atomic E-state index is 0.391. The number of amides is 1. The maximum atomic E-state index is 12.5. The van der Waals surface area contributed by atoms with Crippen LogP contribution in [0.2, 0.25) is 0 Å². The number of ether oxygens (including phenoxy) is 1. The van der Waals surface area contributed by atoms with Gasteiger partial charge in [-0.05, 0) is 36.2 Å². The van der Waals surface area contributed by atoms with E-state index in [0.29, 0.717) is 12.2 Å². The minimum atomic E-state index is -0.421. The van der Waals surface area contributed by atoms with Crippen LogP contribution in [0.15, 0.2) is 42.5 Å². The third-order valence-electron chi connectivity index (χ3n) is 5.69. The van der Waals surface area contributed by atoms with Crippen molar-refractivity contribution in [2.24, 2.45) is 0 Å². The molecule has 2 heterocycles. The highest BCUT2D eigenvalue weighted by atomic mass is 16.5. The van der Waals surface area contributed by atoms with Gasteiger partial charge in [-0.1, -0.05) is 25.1 Å². The van der Waals surface area contributed by atoms with Crippen molar-refractivity contribution in [3.05, 3.63) is 59.2 Å². The molecule has 2 aliphatic rings. The second-order valence-electron chi connectivity index (χ2n) is 7.83. The molecule has 1 saturated heterocycles. The highest BCUT2D eigenvalue weighted by molar-refractivity contribution is 6.52. The predicted octanol–water partition coefficient (Wildman–Crippen LogP) is 1.29. The van der Waals surface area contributed by atoms with Crippen molar-refractivity contribution >= 4 is 23.1 Å². The van der Waals surface area contributed by atoms with E-state index in [1.807, 2.05) is 32.2 Å². The number of quaternary nitrogens is 1. The zero-order valence-electron chi connectivity index (χ0n) is 17.1. The third-order valence-corrected chi connectivity index (χ3v) is 5.69. The number of morpholine rings is 1. The summed E-state index contributed by atoms with van der Waals surface area (Å²) in [6, 6.07) is 14.4. The van der Waals surface area contributed by atoms with Crippen LogP contribution in [-0.4, -0.2) is 51.7 Å². The standard InChI is InChI=1S/C23H27N3O3/c1-3-17-6-9-21-20(14-17)22(27)23(28)26(21)16-24(2)15-18-4-7-19(8-5-18)25-10-12-29-13-11-25/h4-9,14H,3,10-13,15-16H2,1-2H3/p+1. The Balaban J connectivity index is 1.41. The van der Waals surface area contributed by atoms with Gasteiger partial charge >= 0.3 is 5.91 Å². The minimum Gasteiger partial charge on any atom is -0.378 e. The molecular weight excluding hydrogens is 366 g/mol. The van der Waals surface area contributed by atoms with Crippen LogP contribution in [0.1, 0.15) is 28.4 Å². The quantitative estimate of drug-likeness (QED) is 0.751.